The molecule has 40 heavy (non-hydrogen) atoms. The standard InChI is InChI=1S/C32H37FN4O3/c1-19-15-29(40-5)26(31(38)35-19)18-34-32(39)30-21(3)37(27-12-7-6-11-25(27)30)20(2)22-13-14-36(4)28(17-22)23-9-8-10-24(33)16-23/h6-12,15-16,20,22,28H,13-14,17-18H2,1-5H3,(H,34,39)(H,35,38). The van der Waals surface area contributed by atoms with Gasteiger partial charge < -0.3 is 19.6 Å². The number of nitrogens with zero attached hydrogens (tertiary/aromatic N) is 2. The molecule has 2 N–H and O–H groups in total. The van der Waals surface area contributed by atoms with E-state index in [0.717, 1.165) is 41.5 Å². The molecule has 5 rings (SSSR count). The van der Waals surface area contributed by atoms with Crippen LogP contribution < -0.4 is 15.6 Å². The van der Waals surface area contributed by atoms with Crippen LogP contribution in [0.4, 0.5) is 4.39 Å². The molecule has 0 spiro atoms. The van der Waals surface area contributed by atoms with Gasteiger partial charge in [-0.2, -0.15) is 0 Å². The Morgan fingerprint density at radius 3 is 2.70 bits per heavy atom. The van der Waals surface area contributed by atoms with Gasteiger partial charge in [0.25, 0.3) is 11.5 Å². The molecule has 0 saturated carbocycles. The Hall–Kier alpha value is -3.91. The van der Waals surface area contributed by atoms with Crippen LogP contribution in [0.1, 0.15) is 64.7 Å². The summed E-state index contributed by atoms with van der Waals surface area (Å²) in [6.45, 7) is 6.96. The third-order valence-electron chi connectivity index (χ3n) is 8.49. The van der Waals surface area contributed by atoms with Crippen LogP contribution >= 0.6 is 0 Å². The van der Waals surface area contributed by atoms with Crippen molar-refractivity contribution >= 4 is 16.8 Å². The molecule has 1 aliphatic heterocycles. The Morgan fingerprint density at radius 2 is 1.95 bits per heavy atom. The van der Waals surface area contributed by atoms with Crippen LogP contribution in [0.3, 0.4) is 0 Å². The predicted molar refractivity (Wildman–Crippen MR) is 155 cm³/mol. The fraction of sp³-hybridized carbons (Fsp3) is 0.375. The Bertz CT molecular complexity index is 1610. The third-order valence-corrected chi connectivity index (χ3v) is 8.49. The molecule has 2 aromatic carbocycles. The molecule has 1 aliphatic rings. The molecule has 0 radical (unpaired) electrons. The van der Waals surface area contributed by atoms with Gasteiger partial charge in [-0.15, -0.1) is 0 Å². The number of hydrogen-bond donors (Lipinski definition) is 2. The molecule has 1 fully saturated rings. The normalized spacial score (nSPS) is 18.6. The van der Waals surface area contributed by atoms with Crippen LogP contribution in [-0.2, 0) is 6.54 Å². The van der Waals surface area contributed by atoms with E-state index >= 15 is 0 Å². The number of para-hydroxylation sites is 1. The summed E-state index contributed by atoms with van der Waals surface area (Å²) < 4.78 is 21.7. The number of pyridine rings is 1. The maximum atomic E-state index is 14.0. The van der Waals surface area contributed by atoms with Gasteiger partial charge in [0.05, 0.1) is 24.8 Å². The first-order valence-corrected chi connectivity index (χ1v) is 13.8. The van der Waals surface area contributed by atoms with Crippen molar-refractivity contribution in [2.75, 3.05) is 20.7 Å². The summed E-state index contributed by atoms with van der Waals surface area (Å²) in [4.78, 5) is 31.3. The second-order valence-corrected chi connectivity index (χ2v) is 10.9. The largest absolute Gasteiger partial charge is 0.496 e. The summed E-state index contributed by atoms with van der Waals surface area (Å²) in [6.07, 6.45) is 1.90. The minimum atomic E-state index is -0.278. The van der Waals surface area contributed by atoms with Crippen molar-refractivity contribution in [2.24, 2.45) is 5.92 Å². The smallest absolute Gasteiger partial charge is 0.256 e. The number of likely N-dealkylation sites (tertiary alicyclic amines) is 1. The van der Waals surface area contributed by atoms with Gasteiger partial charge in [-0.1, -0.05) is 30.3 Å². The summed E-state index contributed by atoms with van der Waals surface area (Å²) in [6, 6.07) is 16.9. The fourth-order valence-electron chi connectivity index (χ4n) is 6.36. The van der Waals surface area contributed by atoms with Crippen molar-refractivity contribution in [3.8, 4) is 5.75 Å². The molecule has 3 unspecified atom stereocenters. The lowest BCUT2D eigenvalue weighted by atomic mass is 9.83. The number of benzene rings is 2. The highest BCUT2D eigenvalue weighted by Gasteiger charge is 2.33. The Kier molecular flexibility index (Phi) is 7.81. The number of carbonyl (C=O) groups is 1. The van der Waals surface area contributed by atoms with Crippen molar-refractivity contribution in [2.45, 2.75) is 52.2 Å². The number of carbonyl (C=O) groups excluding carboxylic acids is 1. The highest BCUT2D eigenvalue weighted by molar-refractivity contribution is 6.08. The average molecular weight is 545 g/mol. The van der Waals surface area contributed by atoms with Gasteiger partial charge >= 0.3 is 0 Å². The first-order chi connectivity index (χ1) is 19.2. The number of hydrogen-bond acceptors (Lipinski definition) is 4. The van der Waals surface area contributed by atoms with E-state index in [1.165, 1.54) is 13.2 Å². The van der Waals surface area contributed by atoms with E-state index < -0.39 is 0 Å². The maximum Gasteiger partial charge on any atom is 0.256 e. The lowest BCUT2D eigenvalue weighted by molar-refractivity contribution is 0.0950. The number of methoxy groups -OCH3 is 1. The molecule has 8 heteroatoms. The van der Waals surface area contributed by atoms with E-state index in [4.69, 9.17) is 4.74 Å². The van der Waals surface area contributed by atoms with Crippen LogP contribution in [0.5, 0.6) is 5.75 Å². The van der Waals surface area contributed by atoms with Crippen molar-refractivity contribution in [3.05, 3.63) is 98.8 Å². The zero-order valence-corrected chi connectivity index (χ0v) is 23.8. The number of nitrogens with one attached hydrogen (secondary N) is 2. The Morgan fingerprint density at radius 1 is 1.18 bits per heavy atom. The van der Waals surface area contributed by atoms with Crippen LogP contribution in [0, 0.1) is 25.6 Å². The molecular formula is C32H37FN4O3. The van der Waals surface area contributed by atoms with E-state index in [-0.39, 0.29) is 35.9 Å². The van der Waals surface area contributed by atoms with E-state index in [0.29, 0.717) is 28.5 Å². The summed E-state index contributed by atoms with van der Waals surface area (Å²) in [5, 5.41) is 3.84. The second kappa shape index (κ2) is 11.3. The number of halogens is 1. The SMILES string of the molecule is COc1cc(C)[nH]c(=O)c1CNC(=O)c1c(C)n(C(C)C2CCN(C)C(c3cccc(F)c3)C2)c2ccccc12. The lowest BCUT2D eigenvalue weighted by Crippen LogP contribution is -2.36. The molecule has 1 saturated heterocycles. The number of aromatic amines is 1. The highest BCUT2D eigenvalue weighted by atomic mass is 19.1. The highest BCUT2D eigenvalue weighted by Crippen LogP contribution is 2.41. The number of fused-ring (bicyclic) bond motifs is 1. The molecule has 4 aromatic rings. The summed E-state index contributed by atoms with van der Waals surface area (Å²) >= 11 is 0. The summed E-state index contributed by atoms with van der Waals surface area (Å²) in [5.74, 6) is 0.339. The number of aryl methyl sites for hydroxylation is 1. The minimum Gasteiger partial charge on any atom is -0.496 e. The van der Waals surface area contributed by atoms with Crippen LogP contribution in [0.25, 0.3) is 10.9 Å². The lowest BCUT2D eigenvalue weighted by Gasteiger charge is -2.40. The molecule has 0 bridgehead atoms. The van der Waals surface area contributed by atoms with Gasteiger partial charge in [-0.25, -0.2) is 4.39 Å². The molecule has 3 atom stereocenters. The quantitative estimate of drug-likeness (QED) is 0.314. The molecule has 3 heterocycles. The molecule has 2 aromatic heterocycles. The zero-order valence-electron chi connectivity index (χ0n) is 23.8. The summed E-state index contributed by atoms with van der Waals surface area (Å²) in [7, 11) is 3.61. The second-order valence-electron chi connectivity index (χ2n) is 10.9. The van der Waals surface area contributed by atoms with Gasteiger partial charge in [0.2, 0.25) is 0 Å². The number of amides is 1. The number of H-pyrrole nitrogens is 1. The van der Waals surface area contributed by atoms with Crippen LogP contribution in [-0.4, -0.2) is 41.1 Å². The Labute approximate surface area is 234 Å². The van der Waals surface area contributed by atoms with E-state index in [9.17, 15) is 14.0 Å². The van der Waals surface area contributed by atoms with Gasteiger partial charge in [0.1, 0.15) is 11.6 Å². The van der Waals surface area contributed by atoms with Crippen LogP contribution in [0.2, 0.25) is 0 Å². The molecule has 210 valence electrons. The minimum absolute atomic E-state index is 0.0520. The van der Waals surface area contributed by atoms with Gasteiger partial charge in [-0.05, 0) is 83.0 Å². The number of ether oxygens (including phenoxy) is 1. The van der Waals surface area contributed by atoms with E-state index in [1.807, 2.05) is 31.2 Å². The summed E-state index contributed by atoms with van der Waals surface area (Å²) in [5.41, 5.74) is 4.29. The topological polar surface area (TPSA) is 79.4 Å². The first kappa shape index (κ1) is 27.6. The first-order valence-electron chi connectivity index (χ1n) is 13.8. The van der Waals surface area contributed by atoms with Crippen molar-refractivity contribution in [3.63, 3.8) is 0 Å². The molecular weight excluding hydrogens is 507 g/mol. The van der Waals surface area contributed by atoms with Crippen molar-refractivity contribution in [1.82, 2.24) is 19.8 Å². The van der Waals surface area contributed by atoms with Gasteiger partial charge in [0, 0.05) is 34.4 Å². The van der Waals surface area contributed by atoms with Crippen LogP contribution in [0.15, 0.2) is 59.4 Å². The predicted octanol–water partition coefficient (Wildman–Crippen LogP) is 5.67. The zero-order chi connectivity index (χ0) is 28.6. The average Bonchev–Trinajstić information content (AvgIpc) is 3.23. The van der Waals surface area contributed by atoms with Gasteiger partial charge in [-0.3, -0.25) is 14.5 Å². The number of aromatic nitrogens is 2. The van der Waals surface area contributed by atoms with Crippen molar-refractivity contribution in [1.29, 1.82) is 0 Å². The van der Waals surface area contributed by atoms with Crippen molar-refractivity contribution < 1.29 is 13.9 Å². The molecule has 1 amide bonds. The number of rotatable bonds is 7. The van der Waals surface area contributed by atoms with Gasteiger partial charge in [0.15, 0.2) is 0 Å². The maximum absolute atomic E-state index is 14.0. The number of piperidine rings is 1. The molecule has 7 nitrogen and oxygen atoms in total. The molecule has 0 aliphatic carbocycles. The monoisotopic (exact) mass is 544 g/mol. The van der Waals surface area contributed by atoms with E-state index in [1.54, 1.807) is 25.1 Å². The van der Waals surface area contributed by atoms with E-state index in [2.05, 4.69) is 39.8 Å². The third kappa shape index (κ3) is 5.16. The Balaban J connectivity index is 1.45. The fourth-order valence-corrected chi connectivity index (χ4v) is 6.36.